The minimum atomic E-state index is 0.319. The van der Waals surface area contributed by atoms with E-state index in [0.717, 1.165) is 17.0 Å². The van der Waals surface area contributed by atoms with E-state index in [2.05, 4.69) is 33.1 Å². The third-order valence-electron chi connectivity index (χ3n) is 3.25. The molecular weight excluding hydrogens is 274 g/mol. The molecule has 0 aliphatic heterocycles. The topological polar surface area (TPSA) is 80.5 Å². The number of aromatic nitrogens is 4. The van der Waals surface area contributed by atoms with E-state index in [0.29, 0.717) is 23.0 Å². The number of benzene rings is 1. The smallest absolute Gasteiger partial charge is 0.161 e. The highest BCUT2D eigenvalue weighted by Gasteiger charge is 2.14. The van der Waals surface area contributed by atoms with Crippen LogP contribution in [-0.4, -0.2) is 19.9 Å². The molecule has 0 aliphatic carbocycles. The molecule has 0 saturated carbocycles. The average molecular weight is 289 g/mol. The quantitative estimate of drug-likeness (QED) is 0.771. The third-order valence-corrected chi connectivity index (χ3v) is 3.25. The molecule has 2 aromatic heterocycles. The Morgan fingerprint density at radius 1 is 1.05 bits per heavy atom. The van der Waals surface area contributed by atoms with Gasteiger partial charge in [-0.15, -0.1) is 0 Å². The summed E-state index contributed by atoms with van der Waals surface area (Å²) in [5.41, 5.74) is 9.65. The van der Waals surface area contributed by atoms with Crippen LogP contribution in [0.4, 0.5) is 5.82 Å². The van der Waals surface area contributed by atoms with Crippen LogP contribution >= 0.6 is 0 Å². The van der Waals surface area contributed by atoms with Gasteiger partial charge in [-0.3, -0.25) is 0 Å². The maximum atomic E-state index is 5.96. The first-order valence-corrected chi connectivity index (χ1v) is 6.76. The number of hydrogen-bond donors (Lipinski definition) is 2. The van der Waals surface area contributed by atoms with Crippen LogP contribution in [0.5, 0.6) is 0 Å². The molecule has 0 aliphatic rings. The molecule has 0 atom stereocenters. The van der Waals surface area contributed by atoms with Gasteiger partial charge >= 0.3 is 0 Å². The summed E-state index contributed by atoms with van der Waals surface area (Å²) in [6.45, 7) is 7.48. The van der Waals surface area contributed by atoms with Gasteiger partial charge in [0.1, 0.15) is 5.69 Å². The summed E-state index contributed by atoms with van der Waals surface area (Å²) in [5, 5.41) is 0. The average Bonchev–Trinajstić information content (AvgIpc) is 2.99. The van der Waals surface area contributed by atoms with Crippen molar-refractivity contribution in [2.45, 2.75) is 0 Å². The lowest BCUT2D eigenvalue weighted by molar-refractivity contribution is 1.17. The van der Waals surface area contributed by atoms with Crippen LogP contribution in [0.2, 0.25) is 0 Å². The summed E-state index contributed by atoms with van der Waals surface area (Å²) in [7, 11) is 0. The molecule has 0 spiro atoms. The van der Waals surface area contributed by atoms with E-state index >= 15 is 0 Å². The fraction of sp³-hybridized carbons (Fsp3) is 0. The van der Waals surface area contributed by atoms with Crippen molar-refractivity contribution in [3.8, 4) is 22.8 Å². The number of rotatable bonds is 4. The summed E-state index contributed by atoms with van der Waals surface area (Å²) in [4.78, 5) is 16.4. The van der Waals surface area contributed by atoms with Crippen LogP contribution in [-0.2, 0) is 0 Å². The Morgan fingerprint density at radius 3 is 2.45 bits per heavy atom. The van der Waals surface area contributed by atoms with Crippen LogP contribution in [0.3, 0.4) is 0 Å². The van der Waals surface area contributed by atoms with Crippen LogP contribution in [0.1, 0.15) is 11.4 Å². The standard InChI is InChI=1S/C17H15N5/c1-3-12-13(4-2)22-17(21-12)15-16(18)19-10-14(20-15)11-8-6-5-7-9-11/h3-10H,1-2H2,(H2,18,19)(H,21,22). The van der Waals surface area contributed by atoms with E-state index in [9.17, 15) is 0 Å². The monoisotopic (exact) mass is 289 g/mol. The van der Waals surface area contributed by atoms with Crippen LogP contribution in [0, 0.1) is 0 Å². The Morgan fingerprint density at radius 2 is 1.82 bits per heavy atom. The zero-order valence-electron chi connectivity index (χ0n) is 12.0. The molecule has 2 heterocycles. The normalized spacial score (nSPS) is 10.4. The minimum absolute atomic E-state index is 0.319. The first-order valence-electron chi connectivity index (χ1n) is 6.76. The fourth-order valence-electron chi connectivity index (χ4n) is 2.14. The van der Waals surface area contributed by atoms with Gasteiger partial charge in [0.2, 0.25) is 0 Å². The van der Waals surface area contributed by atoms with Crippen molar-refractivity contribution in [2.75, 3.05) is 5.73 Å². The molecule has 3 rings (SSSR count). The van der Waals surface area contributed by atoms with Crippen LogP contribution in [0.15, 0.2) is 49.7 Å². The van der Waals surface area contributed by atoms with Crippen molar-refractivity contribution in [1.82, 2.24) is 19.9 Å². The number of nitrogens with one attached hydrogen (secondary N) is 1. The Labute approximate surface area is 128 Å². The van der Waals surface area contributed by atoms with Crippen molar-refractivity contribution in [2.24, 2.45) is 0 Å². The predicted molar refractivity (Wildman–Crippen MR) is 89.6 cm³/mol. The van der Waals surface area contributed by atoms with E-state index in [4.69, 9.17) is 5.73 Å². The van der Waals surface area contributed by atoms with Gasteiger partial charge in [-0.1, -0.05) is 43.5 Å². The number of nitrogen functional groups attached to an aromatic ring is 1. The molecule has 0 radical (unpaired) electrons. The highest BCUT2D eigenvalue weighted by atomic mass is 15.0. The lowest BCUT2D eigenvalue weighted by atomic mass is 10.1. The molecule has 3 N–H and O–H groups in total. The van der Waals surface area contributed by atoms with Gasteiger partial charge in [0.25, 0.3) is 0 Å². The molecular formula is C17H15N5. The Hall–Kier alpha value is -3.21. The molecule has 108 valence electrons. The summed E-state index contributed by atoms with van der Waals surface area (Å²) < 4.78 is 0. The third kappa shape index (κ3) is 2.40. The number of aromatic amines is 1. The van der Waals surface area contributed by atoms with Gasteiger partial charge in [-0.05, 0) is 12.2 Å². The highest BCUT2D eigenvalue weighted by Crippen LogP contribution is 2.25. The van der Waals surface area contributed by atoms with Crippen molar-refractivity contribution in [3.63, 3.8) is 0 Å². The van der Waals surface area contributed by atoms with Gasteiger partial charge in [0, 0.05) is 5.56 Å². The number of imidazole rings is 1. The SMILES string of the molecule is C=Cc1nc(-c2nc(-c3ccccc3)cnc2N)[nH]c1C=C. The second kappa shape index (κ2) is 5.65. The second-order valence-electron chi connectivity index (χ2n) is 4.65. The van der Waals surface area contributed by atoms with Crippen molar-refractivity contribution in [1.29, 1.82) is 0 Å². The van der Waals surface area contributed by atoms with Gasteiger partial charge in [-0.25, -0.2) is 15.0 Å². The number of H-pyrrole nitrogens is 1. The Balaban J connectivity index is 2.13. The zero-order valence-corrected chi connectivity index (χ0v) is 12.0. The first-order chi connectivity index (χ1) is 10.7. The molecule has 3 aromatic rings. The van der Waals surface area contributed by atoms with Crippen LogP contribution in [0.25, 0.3) is 34.9 Å². The Kier molecular flexibility index (Phi) is 3.53. The van der Waals surface area contributed by atoms with Gasteiger partial charge in [0.15, 0.2) is 11.6 Å². The lowest BCUT2D eigenvalue weighted by Gasteiger charge is -2.05. The highest BCUT2D eigenvalue weighted by molar-refractivity contribution is 5.71. The van der Waals surface area contributed by atoms with E-state index < -0.39 is 0 Å². The van der Waals surface area contributed by atoms with E-state index in [1.54, 1.807) is 18.3 Å². The first kappa shape index (κ1) is 13.8. The van der Waals surface area contributed by atoms with Crippen molar-refractivity contribution >= 4 is 18.0 Å². The molecule has 1 aromatic carbocycles. The fourth-order valence-corrected chi connectivity index (χ4v) is 2.14. The minimum Gasteiger partial charge on any atom is -0.382 e. The summed E-state index contributed by atoms with van der Waals surface area (Å²) in [5.74, 6) is 0.868. The van der Waals surface area contributed by atoms with E-state index in [1.165, 1.54) is 0 Å². The van der Waals surface area contributed by atoms with E-state index in [-0.39, 0.29) is 0 Å². The van der Waals surface area contributed by atoms with Crippen molar-refractivity contribution in [3.05, 3.63) is 61.1 Å². The zero-order chi connectivity index (χ0) is 15.5. The van der Waals surface area contributed by atoms with Crippen molar-refractivity contribution < 1.29 is 0 Å². The number of nitrogens with zero attached hydrogens (tertiary/aromatic N) is 3. The molecule has 22 heavy (non-hydrogen) atoms. The maximum Gasteiger partial charge on any atom is 0.161 e. The van der Waals surface area contributed by atoms with Gasteiger partial charge in [0.05, 0.1) is 23.3 Å². The van der Waals surface area contributed by atoms with Crippen LogP contribution < -0.4 is 5.73 Å². The largest absolute Gasteiger partial charge is 0.382 e. The Bertz CT molecular complexity index is 808. The van der Waals surface area contributed by atoms with E-state index in [1.807, 2.05) is 30.3 Å². The molecule has 5 nitrogen and oxygen atoms in total. The number of anilines is 1. The molecule has 0 fully saturated rings. The number of hydrogen-bond acceptors (Lipinski definition) is 4. The summed E-state index contributed by atoms with van der Waals surface area (Å²) >= 11 is 0. The predicted octanol–water partition coefficient (Wildman–Crippen LogP) is 3.40. The van der Waals surface area contributed by atoms with Gasteiger partial charge < -0.3 is 10.7 Å². The summed E-state index contributed by atoms with van der Waals surface area (Å²) in [6.07, 6.45) is 4.99. The van der Waals surface area contributed by atoms with Gasteiger partial charge in [-0.2, -0.15) is 0 Å². The molecule has 0 bridgehead atoms. The molecule has 5 heteroatoms. The maximum absolute atomic E-state index is 5.96. The number of nitrogens with two attached hydrogens (primary N) is 1. The molecule has 0 amide bonds. The molecule has 0 unspecified atom stereocenters. The summed E-state index contributed by atoms with van der Waals surface area (Å²) in [6, 6.07) is 9.79. The lowest BCUT2D eigenvalue weighted by Crippen LogP contribution is -2.00. The molecule has 0 saturated heterocycles. The second-order valence-corrected chi connectivity index (χ2v) is 4.65.